The second kappa shape index (κ2) is 7.03. The second-order valence-electron chi connectivity index (χ2n) is 6.48. The third-order valence-corrected chi connectivity index (χ3v) is 4.72. The minimum Gasteiger partial charge on any atom is -0.447 e. The van der Waals surface area contributed by atoms with Crippen molar-refractivity contribution in [3.05, 3.63) is 24.0 Å². The number of aromatic nitrogens is 3. The average Bonchev–Trinajstić information content (AvgIpc) is 3.24. The van der Waals surface area contributed by atoms with E-state index in [2.05, 4.69) is 16.5 Å². The van der Waals surface area contributed by atoms with Gasteiger partial charge in [-0.3, -0.25) is 4.90 Å². The normalized spacial score (nSPS) is 14.4. The summed E-state index contributed by atoms with van der Waals surface area (Å²) >= 11 is 0. The summed E-state index contributed by atoms with van der Waals surface area (Å²) in [7, 11) is 0. The highest BCUT2D eigenvalue weighted by atomic mass is 16.6. The Hall–Kier alpha value is -2.87. The zero-order chi connectivity index (χ0) is 19.0. The van der Waals surface area contributed by atoms with Gasteiger partial charge in [-0.15, -0.1) is 0 Å². The summed E-state index contributed by atoms with van der Waals surface area (Å²) < 4.78 is 12.8. The maximum absolute atomic E-state index is 11.9. The van der Waals surface area contributed by atoms with Gasteiger partial charge < -0.3 is 19.8 Å². The number of anilines is 2. The molecule has 27 heavy (non-hydrogen) atoms. The van der Waals surface area contributed by atoms with E-state index < -0.39 is 0 Å². The fraction of sp³-hybridized carbons (Fsp3) is 0.421. The van der Waals surface area contributed by atoms with Gasteiger partial charge in [0.05, 0.1) is 17.6 Å². The fourth-order valence-electron chi connectivity index (χ4n) is 3.51. The highest BCUT2D eigenvalue weighted by Crippen LogP contribution is 2.32. The lowest BCUT2D eigenvalue weighted by molar-refractivity contribution is 0.126. The molecule has 1 fully saturated rings. The minimum absolute atomic E-state index is 0.335. The van der Waals surface area contributed by atoms with Gasteiger partial charge in [-0.25, -0.2) is 14.8 Å². The molecule has 0 spiro atoms. The molecule has 8 nitrogen and oxygen atoms in total. The van der Waals surface area contributed by atoms with Crippen LogP contribution in [0.2, 0.25) is 0 Å². The highest BCUT2D eigenvalue weighted by Gasteiger charge is 2.24. The summed E-state index contributed by atoms with van der Waals surface area (Å²) in [6.07, 6.45) is 0.630. The van der Waals surface area contributed by atoms with Gasteiger partial charge in [-0.2, -0.15) is 0 Å². The number of rotatable bonds is 6. The van der Waals surface area contributed by atoms with Gasteiger partial charge in [0.25, 0.3) is 0 Å². The lowest BCUT2D eigenvalue weighted by atomic mass is 10.1. The van der Waals surface area contributed by atoms with Crippen LogP contribution in [-0.4, -0.2) is 40.4 Å². The van der Waals surface area contributed by atoms with Crippen LogP contribution in [-0.2, 0) is 22.6 Å². The molecule has 3 aromatic rings. The number of hydrogen-bond acceptors (Lipinski definition) is 6. The minimum atomic E-state index is -0.335. The standard InChI is InChI=1S/C19H23N5O3/c1-3-7-24-15(11-26-4-2)22-16-17(24)13-6-5-12(10-14(13)21-18(16)20)23-8-9-27-19(23)25/h5-6,10H,3-4,7-9,11H2,1-2H3,(H2,20,21). The van der Waals surface area contributed by atoms with Crippen LogP contribution in [0.5, 0.6) is 0 Å². The Morgan fingerprint density at radius 1 is 1.30 bits per heavy atom. The van der Waals surface area contributed by atoms with Crippen molar-refractivity contribution < 1.29 is 14.3 Å². The topological polar surface area (TPSA) is 95.5 Å². The van der Waals surface area contributed by atoms with E-state index in [1.165, 1.54) is 0 Å². The number of nitrogens with zero attached hydrogens (tertiary/aromatic N) is 4. The molecule has 3 heterocycles. The van der Waals surface area contributed by atoms with E-state index in [0.29, 0.717) is 37.7 Å². The van der Waals surface area contributed by atoms with Crippen molar-refractivity contribution in [1.29, 1.82) is 0 Å². The van der Waals surface area contributed by atoms with Gasteiger partial charge in [0.2, 0.25) is 0 Å². The Morgan fingerprint density at radius 3 is 2.85 bits per heavy atom. The molecule has 0 radical (unpaired) electrons. The van der Waals surface area contributed by atoms with Crippen LogP contribution >= 0.6 is 0 Å². The fourth-order valence-corrected chi connectivity index (χ4v) is 3.51. The van der Waals surface area contributed by atoms with Gasteiger partial charge in [0, 0.05) is 24.2 Å². The Morgan fingerprint density at radius 2 is 2.15 bits per heavy atom. The first kappa shape index (κ1) is 17.5. The van der Waals surface area contributed by atoms with Crippen molar-refractivity contribution in [3.63, 3.8) is 0 Å². The summed E-state index contributed by atoms with van der Waals surface area (Å²) in [6.45, 7) is 6.90. The molecule has 1 aromatic carbocycles. The number of aryl methyl sites for hydroxylation is 1. The predicted molar refractivity (Wildman–Crippen MR) is 104 cm³/mol. The molecule has 8 heteroatoms. The first-order valence-corrected chi connectivity index (χ1v) is 9.24. The van der Waals surface area contributed by atoms with Crippen LogP contribution in [0.3, 0.4) is 0 Å². The van der Waals surface area contributed by atoms with E-state index in [4.69, 9.17) is 20.2 Å². The van der Waals surface area contributed by atoms with Crippen LogP contribution in [0.1, 0.15) is 26.1 Å². The predicted octanol–water partition coefficient (Wildman–Crippen LogP) is 3.07. The molecule has 2 aromatic heterocycles. The first-order chi connectivity index (χ1) is 13.1. The maximum Gasteiger partial charge on any atom is 0.414 e. The highest BCUT2D eigenvalue weighted by molar-refractivity contribution is 6.08. The van der Waals surface area contributed by atoms with Crippen molar-refractivity contribution in [1.82, 2.24) is 14.5 Å². The van der Waals surface area contributed by atoms with Crippen molar-refractivity contribution in [2.75, 3.05) is 30.4 Å². The number of amides is 1. The van der Waals surface area contributed by atoms with Crippen LogP contribution < -0.4 is 10.6 Å². The zero-order valence-corrected chi connectivity index (χ0v) is 15.6. The Bertz CT molecular complexity index is 1010. The number of ether oxygens (including phenoxy) is 2. The molecule has 1 aliphatic heterocycles. The van der Waals surface area contributed by atoms with E-state index in [-0.39, 0.29) is 6.09 Å². The number of nitrogens with two attached hydrogens (primary N) is 1. The Kier molecular flexibility index (Phi) is 4.57. The quantitative estimate of drug-likeness (QED) is 0.717. The molecule has 4 rings (SSSR count). The maximum atomic E-state index is 11.9. The van der Waals surface area contributed by atoms with Crippen LogP contribution in [0, 0.1) is 0 Å². The number of cyclic esters (lactones) is 1. The Balaban J connectivity index is 1.91. The average molecular weight is 369 g/mol. The molecule has 1 saturated heterocycles. The van der Waals surface area contributed by atoms with E-state index in [1.807, 2.05) is 25.1 Å². The second-order valence-corrected chi connectivity index (χ2v) is 6.48. The molecule has 0 aliphatic carbocycles. The summed E-state index contributed by atoms with van der Waals surface area (Å²) in [6, 6.07) is 5.77. The number of nitrogen functional groups attached to an aromatic ring is 1. The van der Waals surface area contributed by atoms with Crippen molar-refractivity contribution in [2.45, 2.75) is 33.4 Å². The third-order valence-electron chi connectivity index (χ3n) is 4.72. The number of pyridine rings is 1. The van der Waals surface area contributed by atoms with E-state index in [0.717, 1.165) is 40.9 Å². The first-order valence-electron chi connectivity index (χ1n) is 9.24. The van der Waals surface area contributed by atoms with Gasteiger partial charge in [0.1, 0.15) is 24.6 Å². The van der Waals surface area contributed by atoms with Gasteiger partial charge in [-0.05, 0) is 31.5 Å². The third kappa shape index (κ3) is 2.95. The smallest absolute Gasteiger partial charge is 0.414 e. The monoisotopic (exact) mass is 369 g/mol. The van der Waals surface area contributed by atoms with Crippen molar-refractivity contribution in [3.8, 4) is 0 Å². The molecule has 0 atom stereocenters. The van der Waals surface area contributed by atoms with Gasteiger partial charge in [-0.1, -0.05) is 6.92 Å². The summed E-state index contributed by atoms with van der Waals surface area (Å²) in [5.74, 6) is 1.23. The van der Waals surface area contributed by atoms with Crippen LogP contribution in [0.25, 0.3) is 21.9 Å². The molecule has 0 unspecified atom stereocenters. The number of imidazole rings is 1. The SMILES string of the molecule is CCCn1c(COCC)nc2c(N)nc3cc(N4CCOC4=O)ccc3c21. The van der Waals surface area contributed by atoms with Gasteiger partial charge >= 0.3 is 6.09 Å². The Labute approximate surface area is 156 Å². The number of carbonyl (C=O) groups excluding carboxylic acids is 1. The largest absolute Gasteiger partial charge is 0.447 e. The molecule has 1 amide bonds. The number of hydrogen-bond donors (Lipinski definition) is 1. The van der Waals surface area contributed by atoms with Crippen molar-refractivity contribution in [2.24, 2.45) is 0 Å². The van der Waals surface area contributed by atoms with E-state index >= 15 is 0 Å². The lowest BCUT2D eigenvalue weighted by Gasteiger charge is -2.14. The van der Waals surface area contributed by atoms with Crippen molar-refractivity contribution >= 4 is 39.5 Å². The molecule has 0 saturated carbocycles. The molecule has 0 bridgehead atoms. The summed E-state index contributed by atoms with van der Waals surface area (Å²) in [5, 5.41) is 0.958. The lowest BCUT2D eigenvalue weighted by Crippen LogP contribution is -2.23. The van der Waals surface area contributed by atoms with E-state index in [1.54, 1.807) is 4.90 Å². The number of carbonyl (C=O) groups is 1. The van der Waals surface area contributed by atoms with Gasteiger partial charge in [0.15, 0.2) is 5.82 Å². The summed E-state index contributed by atoms with van der Waals surface area (Å²) in [5.41, 5.74) is 9.37. The van der Waals surface area contributed by atoms with E-state index in [9.17, 15) is 4.79 Å². The zero-order valence-electron chi connectivity index (χ0n) is 15.6. The summed E-state index contributed by atoms with van der Waals surface area (Å²) in [4.78, 5) is 22.7. The van der Waals surface area contributed by atoms with Crippen LogP contribution in [0.4, 0.5) is 16.3 Å². The molecule has 1 aliphatic rings. The number of fused-ring (bicyclic) bond motifs is 3. The molecule has 142 valence electrons. The molecular weight excluding hydrogens is 346 g/mol. The molecule has 2 N–H and O–H groups in total. The molecular formula is C19H23N5O3. The number of benzene rings is 1. The van der Waals surface area contributed by atoms with Crippen LogP contribution in [0.15, 0.2) is 18.2 Å².